The van der Waals surface area contributed by atoms with E-state index in [0.717, 1.165) is 18.4 Å². The molecule has 0 aromatic heterocycles. The molecule has 0 atom stereocenters. The number of benzene rings is 2. The third kappa shape index (κ3) is 4.26. The summed E-state index contributed by atoms with van der Waals surface area (Å²) in [6, 6.07) is 11.2. The van der Waals surface area contributed by atoms with Crippen molar-refractivity contribution in [2.24, 2.45) is 10.7 Å². The molecule has 5 nitrogen and oxygen atoms in total. The van der Waals surface area contributed by atoms with Crippen molar-refractivity contribution in [3.05, 3.63) is 74.8 Å². The van der Waals surface area contributed by atoms with Gasteiger partial charge in [-0.1, -0.05) is 41.4 Å². The van der Waals surface area contributed by atoms with E-state index in [-0.39, 0.29) is 21.2 Å². The molecule has 7 heteroatoms. The number of hydrogen-bond donors (Lipinski definition) is 2. The lowest BCUT2D eigenvalue weighted by Gasteiger charge is -2.20. The van der Waals surface area contributed by atoms with Gasteiger partial charge in [-0.3, -0.25) is 4.79 Å². The van der Waals surface area contributed by atoms with Crippen LogP contribution in [0.2, 0.25) is 10.0 Å². The first kappa shape index (κ1) is 20.1. The minimum atomic E-state index is -1.00. The third-order valence-corrected chi connectivity index (χ3v) is 5.25. The third-order valence-electron chi connectivity index (χ3n) is 4.62. The van der Waals surface area contributed by atoms with Gasteiger partial charge in [-0.25, -0.2) is 9.79 Å². The number of carboxylic acids is 1. The van der Waals surface area contributed by atoms with Gasteiger partial charge in [-0.05, 0) is 61.1 Å². The average Bonchev–Trinajstić information content (AvgIpc) is 2.68. The zero-order valence-electron chi connectivity index (χ0n) is 14.9. The highest BCUT2D eigenvalue weighted by Crippen LogP contribution is 2.29. The number of nitrogens with zero attached hydrogens (tertiary/aromatic N) is 1. The number of halogens is 2. The Hall–Kier alpha value is -2.63. The van der Waals surface area contributed by atoms with Crippen molar-refractivity contribution in [1.29, 1.82) is 0 Å². The molecule has 2 aromatic rings. The van der Waals surface area contributed by atoms with Crippen molar-refractivity contribution in [2.45, 2.75) is 25.7 Å². The van der Waals surface area contributed by atoms with Gasteiger partial charge in [0.1, 0.15) is 0 Å². The van der Waals surface area contributed by atoms with Crippen LogP contribution in [0.5, 0.6) is 0 Å². The number of carboxylic acid groups (broad SMARTS) is 1. The molecule has 0 heterocycles. The van der Waals surface area contributed by atoms with Crippen molar-refractivity contribution in [2.75, 3.05) is 0 Å². The van der Waals surface area contributed by atoms with Gasteiger partial charge < -0.3 is 10.8 Å². The van der Waals surface area contributed by atoms with Crippen LogP contribution in [-0.2, 0) is 0 Å². The maximum atomic E-state index is 12.7. The SMILES string of the molecule is NC(=C1CCCCC1=NC(=O)c1c(Cl)cccc1Cl)c1ccc(C(=O)O)cc1. The number of hydrogen-bond acceptors (Lipinski definition) is 3. The summed E-state index contributed by atoms with van der Waals surface area (Å²) in [4.78, 5) is 28.0. The van der Waals surface area contributed by atoms with Gasteiger partial charge in [0.2, 0.25) is 0 Å². The predicted molar refractivity (Wildman–Crippen MR) is 111 cm³/mol. The molecule has 0 spiro atoms. The second-order valence-electron chi connectivity index (χ2n) is 6.44. The molecular weight excluding hydrogens is 399 g/mol. The smallest absolute Gasteiger partial charge is 0.335 e. The van der Waals surface area contributed by atoms with Crippen LogP contribution in [0.1, 0.15) is 52.0 Å². The molecule has 0 unspecified atom stereocenters. The molecule has 3 rings (SSSR count). The number of allylic oxidation sites excluding steroid dienone is 1. The summed E-state index contributed by atoms with van der Waals surface area (Å²) in [5.74, 6) is -1.50. The normalized spacial score (nSPS) is 17.4. The molecular formula is C21H18Cl2N2O3. The molecule has 144 valence electrons. The second-order valence-corrected chi connectivity index (χ2v) is 7.26. The molecule has 0 saturated heterocycles. The molecule has 2 aromatic carbocycles. The maximum absolute atomic E-state index is 12.7. The molecule has 1 aliphatic rings. The van der Waals surface area contributed by atoms with E-state index >= 15 is 0 Å². The quantitative estimate of drug-likeness (QED) is 0.717. The summed E-state index contributed by atoms with van der Waals surface area (Å²) in [5.41, 5.74) is 9.31. The number of amides is 1. The van der Waals surface area contributed by atoms with E-state index in [4.69, 9.17) is 34.0 Å². The number of nitrogens with two attached hydrogens (primary N) is 1. The highest BCUT2D eigenvalue weighted by atomic mass is 35.5. The molecule has 1 fully saturated rings. The minimum absolute atomic E-state index is 0.174. The number of aromatic carboxylic acids is 1. The minimum Gasteiger partial charge on any atom is -0.478 e. The van der Waals surface area contributed by atoms with Gasteiger partial charge in [0.05, 0.1) is 21.2 Å². The zero-order chi connectivity index (χ0) is 20.3. The number of aliphatic imine (C=N–C) groups is 1. The van der Waals surface area contributed by atoms with Gasteiger partial charge in [0.25, 0.3) is 5.91 Å². The maximum Gasteiger partial charge on any atom is 0.335 e. The second kappa shape index (κ2) is 8.59. The Labute approximate surface area is 172 Å². The molecule has 3 N–H and O–H groups in total. The van der Waals surface area contributed by atoms with Crippen LogP contribution in [-0.4, -0.2) is 22.7 Å². The molecule has 1 aliphatic carbocycles. The molecule has 28 heavy (non-hydrogen) atoms. The molecule has 1 saturated carbocycles. The van der Waals surface area contributed by atoms with E-state index in [1.54, 1.807) is 30.3 Å². The fourth-order valence-electron chi connectivity index (χ4n) is 3.15. The number of carbonyl (C=O) groups excluding carboxylic acids is 1. The Balaban J connectivity index is 1.99. The Morgan fingerprint density at radius 3 is 2.11 bits per heavy atom. The van der Waals surface area contributed by atoms with Crippen LogP contribution in [0.4, 0.5) is 0 Å². The lowest BCUT2D eigenvalue weighted by atomic mass is 9.89. The lowest BCUT2D eigenvalue weighted by Crippen LogP contribution is -2.17. The highest BCUT2D eigenvalue weighted by molar-refractivity contribution is 6.40. The van der Waals surface area contributed by atoms with Gasteiger partial charge >= 0.3 is 5.97 Å². The standard InChI is InChI=1S/C21H18Cl2N2O3/c22-15-5-3-6-16(23)18(15)20(26)25-17-7-2-1-4-14(17)19(24)12-8-10-13(11-9-12)21(27)28/h3,5-6,8-11H,1-2,4,7,24H2,(H,27,28). The van der Waals surface area contributed by atoms with Crippen molar-refractivity contribution >= 4 is 46.5 Å². The first-order valence-corrected chi connectivity index (χ1v) is 9.52. The van der Waals surface area contributed by atoms with E-state index in [0.29, 0.717) is 29.8 Å². The fraction of sp³-hybridized carbons (Fsp3) is 0.190. The van der Waals surface area contributed by atoms with Crippen LogP contribution >= 0.6 is 23.2 Å². The first-order valence-electron chi connectivity index (χ1n) is 8.77. The van der Waals surface area contributed by atoms with Crippen LogP contribution in [0, 0.1) is 0 Å². The molecule has 0 radical (unpaired) electrons. The van der Waals surface area contributed by atoms with Crippen molar-refractivity contribution in [1.82, 2.24) is 0 Å². The van der Waals surface area contributed by atoms with Crippen LogP contribution < -0.4 is 5.73 Å². The topological polar surface area (TPSA) is 92.8 Å². The Morgan fingerprint density at radius 1 is 0.929 bits per heavy atom. The summed E-state index contributed by atoms with van der Waals surface area (Å²) in [6.07, 6.45) is 3.15. The summed E-state index contributed by atoms with van der Waals surface area (Å²) < 4.78 is 0. The molecule has 0 aliphatic heterocycles. The predicted octanol–water partition coefficient (Wildman–Crippen LogP) is 5.22. The van der Waals surface area contributed by atoms with E-state index in [1.807, 2.05) is 0 Å². The monoisotopic (exact) mass is 416 g/mol. The van der Waals surface area contributed by atoms with E-state index < -0.39 is 11.9 Å². The van der Waals surface area contributed by atoms with E-state index in [1.165, 1.54) is 12.1 Å². The van der Waals surface area contributed by atoms with Crippen LogP contribution in [0.3, 0.4) is 0 Å². The zero-order valence-corrected chi connectivity index (χ0v) is 16.4. The van der Waals surface area contributed by atoms with Gasteiger partial charge in [-0.2, -0.15) is 0 Å². The Kier molecular flexibility index (Phi) is 6.17. The van der Waals surface area contributed by atoms with Gasteiger partial charge in [-0.15, -0.1) is 0 Å². The number of rotatable bonds is 3. The van der Waals surface area contributed by atoms with E-state index in [2.05, 4.69) is 4.99 Å². The summed E-state index contributed by atoms with van der Waals surface area (Å²) in [5, 5.41) is 9.54. The van der Waals surface area contributed by atoms with E-state index in [9.17, 15) is 9.59 Å². The summed E-state index contributed by atoms with van der Waals surface area (Å²) in [7, 11) is 0. The van der Waals surface area contributed by atoms with Crippen molar-refractivity contribution < 1.29 is 14.7 Å². The van der Waals surface area contributed by atoms with Crippen LogP contribution in [0.25, 0.3) is 5.70 Å². The van der Waals surface area contributed by atoms with Crippen molar-refractivity contribution in [3.8, 4) is 0 Å². The van der Waals surface area contributed by atoms with Crippen LogP contribution in [0.15, 0.2) is 53.0 Å². The number of carbonyl (C=O) groups is 2. The summed E-state index contributed by atoms with van der Waals surface area (Å²) in [6.45, 7) is 0. The van der Waals surface area contributed by atoms with Crippen molar-refractivity contribution in [3.63, 3.8) is 0 Å². The largest absolute Gasteiger partial charge is 0.478 e. The molecule has 1 amide bonds. The van der Waals surface area contributed by atoms with Gasteiger partial charge in [0.15, 0.2) is 0 Å². The first-order chi connectivity index (χ1) is 13.4. The average molecular weight is 417 g/mol. The lowest BCUT2D eigenvalue weighted by molar-refractivity contribution is 0.0696. The fourth-order valence-corrected chi connectivity index (χ4v) is 3.71. The Bertz CT molecular complexity index is 975. The summed E-state index contributed by atoms with van der Waals surface area (Å²) >= 11 is 12.2. The highest BCUT2D eigenvalue weighted by Gasteiger charge is 2.21. The molecule has 0 bridgehead atoms. The Morgan fingerprint density at radius 2 is 1.50 bits per heavy atom. The van der Waals surface area contributed by atoms with Gasteiger partial charge in [0, 0.05) is 11.4 Å².